The van der Waals surface area contributed by atoms with Gasteiger partial charge in [-0.25, -0.2) is 0 Å². The van der Waals surface area contributed by atoms with Crippen LogP contribution in [-0.2, 0) is 31.3 Å². The van der Waals surface area contributed by atoms with Gasteiger partial charge in [-0.1, -0.05) is 19.9 Å². The maximum absolute atomic E-state index is 11.2. The van der Waals surface area contributed by atoms with Crippen molar-refractivity contribution in [3.8, 4) is 5.75 Å². The fourth-order valence-electron chi connectivity index (χ4n) is 2.54. The zero-order chi connectivity index (χ0) is 12.5. The smallest absolute Gasteiger partial charge is 0.130 e. The molecular formula is C14H20O2W. The summed E-state index contributed by atoms with van der Waals surface area (Å²) in [6.45, 7) is 9.50. The van der Waals surface area contributed by atoms with E-state index in [1.165, 1.54) is 0 Å². The number of benzene rings is 1. The molecule has 17 heavy (non-hydrogen) atoms. The Balaban J connectivity index is 0.00000256. The molecule has 0 aliphatic heterocycles. The first-order chi connectivity index (χ1) is 7.24. The number of hydrogen-bond acceptors (Lipinski definition) is 2. The molecular weight excluding hydrogens is 384 g/mol. The van der Waals surface area contributed by atoms with E-state index in [2.05, 4.69) is 0 Å². The Morgan fingerprint density at radius 3 is 2.24 bits per heavy atom. The Bertz CT molecular complexity index is 399. The van der Waals surface area contributed by atoms with Gasteiger partial charge < -0.3 is 5.11 Å². The van der Waals surface area contributed by atoms with Crippen molar-refractivity contribution >= 4 is 5.78 Å². The van der Waals surface area contributed by atoms with Gasteiger partial charge in [0.2, 0.25) is 0 Å². The van der Waals surface area contributed by atoms with Crippen molar-refractivity contribution in [2.45, 2.75) is 46.5 Å². The molecule has 0 unspecified atom stereocenters. The van der Waals surface area contributed by atoms with E-state index in [4.69, 9.17) is 0 Å². The summed E-state index contributed by atoms with van der Waals surface area (Å²) in [5.41, 5.74) is 2.66. The molecule has 0 amide bonds. The van der Waals surface area contributed by atoms with E-state index in [9.17, 15) is 9.90 Å². The number of carbonyl (C=O) groups excluding carboxylic acids is 1. The second-order valence-electron chi connectivity index (χ2n) is 5.24. The molecule has 0 saturated carbocycles. The second-order valence-corrected chi connectivity index (χ2v) is 5.24. The van der Waals surface area contributed by atoms with E-state index in [0.717, 1.165) is 16.7 Å². The molecule has 0 aromatic heterocycles. The van der Waals surface area contributed by atoms with Gasteiger partial charge in [0.1, 0.15) is 11.5 Å². The van der Waals surface area contributed by atoms with Crippen LogP contribution in [-0.4, -0.2) is 10.9 Å². The summed E-state index contributed by atoms with van der Waals surface area (Å²) in [5.74, 6) is 0.438. The molecule has 0 aliphatic rings. The number of ketones is 1. The van der Waals surface area contributed by atoms with Gasteiger partial charge in [0.25, 0.3) is 0 Å². The Morgan fingerprint density at radius 1 is 1.29 bits per heavy atom. The van der Waals surface area contributed by atoms with Gasteiger partial charge >= 0.3 is 0 Å². The first-order valence-corrected chi connectivity index (χ1v) is 5.54. The third-order valence-corrected chi connectivity index (χ3v) is 2.83. The van der Waals surface area contributed by atoms with E-state index in [-0.39, 0.29) is 32.3 Å². The summed E-state index contributed by atoms with van der Waals surface area (Å²) < 4.78 is 0. The number of hydrogen-bond donors (Lipinski definition) is 1. The SMILES string of the molecule is CC(=O)CC(C)(C)c1c(C)cc(C)cc1O.[W]. The molecule has 2 nitrogen and oxygen atoms in total. The molecule has 0 atom stereocenters. The minimum Gasteiger partial charge on any atom is -0.508 e. The molecule has 0 bridgehead atoms. The molecule has 0 fully saturated rings. The number of phenolic OH excluding ortho intramolecular Hbond substituents is 1. The Labute approximate surface area is 118 Å². The van der Waals surface area contributed by atoms with Gasteiger partial charge in [0.05, 0.1) is 0 Å². The Hall–Kier alpha value is -0.622. The van der Waals surface area contributed by atoms with E-state index in [1.807, 2.05) is 33.8 Å². The number of rotatable bonds is 3. The fraction of sp³-hybridized carbons (Fsp3) is 0.500. The van der Waals surface area contributed by atoms with Crippen molar-refractivity contribution in [1.29, 1.82) is 0 Å². The maximum Gasteiger partial charge on any atom is 0.130 e. The number of aromatic hydroxyl groups is 1. The molecule has 0 saturated heterocycles. The zero-order valence-corrected chi connectivity index (χ0v) is 14.1. The van der Waals surface area contributed by atoms with E-state index in [1.54, 1.807) is 13.0 Å². The van der Waals surface area contributed by atoms with Crippen LogP contribution in [0.4, 0.5) is 0 Å². The summed E-state index contributed by atoms with van der Waals surface area (Å²) in [5, 5.41) is 10.0. The maximum atomic E-state index is 11.2. The van der Waals surface area contributed by atoms with Crippen LogP contribution in [0.3, 0.4) is 0 Å². The number of carbonyl (C=O) groups is 1. The summed E-state index contributed by atoms with van der Waals surface area (Å²) in [6.07, 6.45) is 0.449. The first-order valence-electron chi connectivity index (χ1n) is 5.54. The van der Waals surface area contributed by atoms with Crippen molar-refractivity contribution in [3.05, 3.63) is 28.8 Å². The predicted molar refractivity (Wildman–Crippen MR) is 65.9 cm³/mol. The van der Waals surface area contributed by atoms with E-state index in [0.29, 0.717) is 12.2 Å². The Morgan fingerprint density at radius 2 is 1.82 bits per heavy atom. The predicted octanol–water partition coefficient (Wildman–Crippen LogP) is 3.26. The first kappa shape index (κ1) is 16.4. The third-order valence-electron chi connectivity index (χ3n) is 2.83. The molecule has 3 heteroatoms. The molecule has 1 aromatic rings. The fourth-order valence-corrected chi connectivity index (χ4v) is 2.54. The van der Waals surface area contributed by atoms with Crippen molar-refractivity contribution < 1.29 is 31.0 Å². The van der Waals surface area contributed by atoms with Crippen LogP contribution in [0.5, 0.6) is 5.75 Å². The molecule has 1 rings (SSSR count). The third kappa shape index (κ3) is 3.96. The van der Waals surface area contributed by atoms with Crippen molar-refractivity contribution in [1.82, 2.24) is 0 Å². The summed E-state index contributed by atoms with van der Waals surface area (Å²) in [6, 6.07) is 3.79. The zero-order valence-electron chi connectivity index (χ0n) is 11.1. The molecule has 0 spiro atoms. The Kier molecular flexibility index (Phi) is 5.60. The minimum atomic E-state index is -0.312. The van der Waals surface area contributed by atoms with Gasteiger partial charge in [-0.15, -0.1) is 0 Å². The average Bonchev–Trinajstić information content (AvgIpc) is 1.96. The van der Waals surface area contributed by atoms with Crippen molar-refractivity contribution in [3.63, 3.8) is 0 Å². The van der Waals surface area contributed by atoms with Crippen LogP contribution >= 0.6 is 0 Å². The topological polar surface area (TPSA) is 37.3 Å². The van der Waals surface area contributed by atoms with Gasteiger partial charge in [0.15, 0.2) is 0 Å². The van der Waals surface area contributed by atoms with Gasteiger partial charge in [0, 0.05) is 38.5 Å². The molecule has 0 radical (unpaired) electrons. The normalized spacial score (nSPS) is 10.9. The van der Waals surface area contributed by atoms with Gasteiger partial charge in [-0.2, -0.15) is 0 Å². The van der Waals surface area contributed by atoms with Crippen LogP contribution < -0.4 is 0 Å². The van der Waals surface area contributed by atoms with Crippen LogP contribution in [0.25, 0.3) is 0 Å². The molecule has 94 valence electrons. The summed E-state index contributed by atoms with van der Waals surface area (Å²) in [4.78, 5) is 11.2. The average molecular weight is 404 g/mol. The number of Topliss-reactive ketones (excluding diaryl/α,β-unsaturated/α-hetero) is 1. The summed E-state index contributed by atoms with van der Waals surface area (Å²) in [7, 11) is 0. The molecule has 1 aromatic carbocycles. The van der Waals surface area contributed by atoms with Crippen molar-refractivity contribution in [2.24, 2.45) is 0 Å². The number of aryl methyl sites for hydroxylation is 2. The van der Waals surface area contributed by atoms with E-state index >= 15 is 0 Å². The minimum absolute atomic E-state index is 0. The molecule has 1 N–H and O–H groups in total. The molecule has 0 aliphatic carbocycles. The molecule has 0 heterocycles. The standard InChI is InChI=1S/C14H20O2.W/c1-9-6-10(2)13(12(16)7-9)14(4,5)8-11(3)15;/h6-7,16H,8H2,1-5H3;. The monoisotopic (exact) mass is 404 g/mol. The summed E-state index contributed by atoms with van der Waals surface area (Å²) >= 11 is 0. The van der Waals surface area contributed by atoms with E-state index < -0.39 is 0 Å². The second kappa shape index (κ2) is 5.82. The van der Waals surface area contributed by atoms with Crippen LogP contribution in [0.2, 0.25) is 0 Å². The van der Waals surface area contributed by atoms with Gasteiger partial charge in [-0.3, -0.25) is 4.79 Å². The van der Waals surface area contributed by atoms with Crippen LogP contribution in [0.15, 0.2) is 12.1 Å². The quantitative estimate of drug-likeness (QED) is 0.840. The number of phenols is 1. The van der Waals surface area contributed by atoms with Crippen LogP contribution in [0, 0.1) is 13.8 Å². The van der Waals surface area contributed by atoms with Crippen LogP contribution in [0.1, 0.15) is 43.9 Å². The largest absolute Gasteiger partial charge is 0.508 e. The van der Waals surface area contributed by atoms with Crippen molar-refractivity contribution in [2.75, 3.05) is 0 Å². The van der Waals surface area contributed by atoms with Gasteiger partial charge in [-0.05, 0) is 38.0 Å².